The Morgan fingerprint density at radius 1 is 0.969 bits per heavy atom. The summed E-state index contributed by atoms with van der Waals surface area (Å²) in [6, 6.07) is 15.1. The van der Waals surface area contributed by atoms with Crippen LogP contribution in [-0.4, -0.2) is 29.0 Å². The van der Waals surface area contributed by atoms with E-state index in [9.17, 15) is 19.7 Å². The van der Waals surface area contributed by atoms with Crippen molar-refractivity contribution in [3.8, 4) is 22.6 Å². The average molecular weight is 428 g/mol. The van der Waals surface area contributed by atoms with E-state index in [1.807, 2.05) is 24.3 Å². The normalized spacial score (nSPS) is 11.3. The number of para-hydroxylation sites is 2. The number of nitro groups is 1. The van der Waals surface area contributed by atoms with Gasteiger partial charge in [0.05, 0.1) is 27.0 Å². The van der Waals surface area contributed by atoms with Gasteiger partial charge in [0.15, 0.2) is 0 Å². The number of nitrogens with one attached hydrogen (secondary N) is 1. The number of hydrogen-bond donors (Lipinski definition) is 1. The molecule has 0 atom stereocenters. The van der Waals surface area contributed by atoms with E-state index in [0.717, 1.165) is 15.6 Å². The second-order valence-corrected chi connectivity index (χ2v) is 7.37. The summed E-state index contributed by atoms with van der Waals surface area (Å²) in [5, 5.41) is 11.6. The summed E-state index contributed by atoms with van der Waals surface area (Å²) in [7, 11) is 2.93. The molecule has 3 heterocycles. The Kier molecular flexibility index (Phi) is 4.22. The van der Waals surface area contributed by atoms with E-state index in [2.05, 4.69) is 15.0 Å². The van der Waals surface area contributed by atoms with Crippen molar-refractivity contribution in [1.82, 2.24) is 24.1 Å². The number of fused-ring (bicyclic) bond motifs is 2. The van der Waals surface area contributed by atoms with Crippen LogP contribution in [0.25, 0.3) is 44.7 Å². The molecule has 2 aromatic carbocycles. The zero-order valence-corrected chi connectivity index (χ0v) is 17.1. The number of aromatic nitrogens is 5. The lowest BCUT2D eigenvalue weighted by Gasteiger charge is -2.12. The molecule has 0 saturated heterocycles. The van der Waals surface area contributed by atoms with Crippen molar-refractivity contribution in [1.29, 1.82) is 0 Å². The second kappa shape index (κ2) is 6.98. The third kappa shape index (κ3) is 2.88. The molecule has 5 rings (SSSR count). The molecule has 3 aromatic heterocycles. The number of nitro benzene ring substituents is 1. The SMILES string of the molecule is Cn1c(=O)c2cc(-c3nc4ccccc4[nH]3)c(-c3cccc([N+](=O)[O-])c3)nc2n(C)c1=O. The molecular weight excluding hydrogens is 412 g/mol. The van der Waals surface area contributed by atoms with Gasteiger partial charge in [0.2, 0.25) is 0 Å². The molecule has 10 nitrogen and oxygen atoms in total. The van der Waals surface area contributed by atoms with Gasteiger partial charge < -0.3 is 4.98 Å². The molecule has 0 fully saturated rings. The van der Waals surface area contributed by atoms with Gasteiger partial charge >= 0.3 is 5.69 Å². The van der Waals surface area contributed by atoms with E-state index in [0.29, 0.717) is 22.6 Å². The minimum absolute atomic E-state index is 0.0992. The van der Waals surface area contributed by atoms with Crippen molar-refractivity contribution in [2.75, 3.05) is 0 Å². The number of imidazole rings is 1. The number of benzene rings is 2. The van der Waals surface area contributed by atoms with Crippen LogP contribution in [0.5, 0.6) is 0 Å². The molecule has 32 heavy (non-hydrogen) atoms. The van der Waals surface area contributed by atoms with Crippen molar-refractivity contribution < 1.29 is 4.92 Å². The van der Waals surface area contributed by atoms with Crippen LogP contribution < -0.4 is 11.2 Å². The Bertz CT molecular complexity index is 1650. The van der Waals surface area contributed by atoms with E-state index in [-0.39, 0.29) is 16.7 Å². The van der Waals surface area contributed by atoms with Crippen LogP contribution in [0, 0.1) is 10.1 Å². The maximum atomic E-state index is 12.8. The maximum Gasteiger partial charge on any atom is 0.332 e. The molecule has 0 bridgehead atoms. The highest BCUT2D eigenvalue weighted by atomic mass is 16.6. The first kappa shape index (κ1) is 19.4. The van der Waals surface area contributed by atoms with Gasteiger partial charge in [-0.25, -0.2) is 14.8 Å². The van der Waals surface area contributed by atoms with E-state index in [1.165, 1.54) is 30.8 Å². The maximum absolute atomic E-state index is 12.8. The Labute approximate surface area is 179 Å². The summed E-state index contributed by atoms with van der Waals surface area (Å²) in [6.45, 7) is 0. The fraction of sp³-hybridized carbons (Fsp3) is 0.0909. The molecule has 0 unspecified atom stereocenters. The minimum atomic E-state index is -0.517. The third-order valence-corrected chi connectivity index (χ3v) is 5.40. The number of hydrogen-bond acceptors (Lipinski definition) is 6. The van der Waals surface area contributed by atoms with Crippen LogP contribution in [-0.2, 0) is 14.1 Å². The zero-order valence-electron chi connectivity index (χ0n) is 17.1. The Hall–Kier alpha value is -4.60. The fourth-order valence-corrected chi connectivity index (χ4v) is 3.75. The molecule has 0 aliphatic carbocycles. The second-order valence-electron chi connectivity index (χ2n) is 7.37. The van der Waals surface area contributed by atoms with E-state index in [4.69, 9.17) is 0 Å². The zero-order chi connectivity index (χ0) is 22.6. The standard InChI is InChI=1S/C22H16N6O4/c1-26-20-15(21(29)27(2)22(26)30)11-14(19-23-16-8-3-4-9-17(16)24-19)18(25-20)12-6-5-7-13(10-12)28(31)32/h3-11H,1-2H3,(H,23,24). The Morgan fingerprint density at radius 3 is 2.50 bits per heavy atom. The summed E-state index contributed by atoms with van der Waals surface area (Å²) in [4.78, 5) is 48.6. The molecule has 1 N–H and O–H groups in total. The predicted molar refractivity (Wildman–Crippen MR) is 119 cm³/mol. The largest absolute Gasteiger partial charge is 0.338 e. The van der Waals surface area contributed by atoms with Crippen LogP contribution in [0.15, 0.2) is 64.2 Å². The van der Waals surface area contributed by atoms with Crippen molar-refractivity contribution >= 4 is 27.8 Å². The van der Waals surface area contributed by atoms with Crippen LogP contribution in [0.3, 0.4) is 0 Å². The lowest BCUT2D eigenvalue weighted by atomic mass is 10.0. The van der Waals surface area contributed by atoms with Gasteiger partial charge in [-0.15, -0.1) is 0 Å². The van der Waals surface area contributed by atoms with Crippen molar-refractivity contribution in [3.05, 3.63) is 85.5 Å². The monoisotopic (exact) mass is 428 g/mol. The average Bonchev–Trinajstić information content (AvgIpc) is 3.25. The van der Waals surface area contributed by atoms with Crippen molar-refractivity contribution in [3.63, 3.8) is 0 Å². The summed E-state index contributed by atoms with van der Waals surface area (Å²) < 4.78 is 2.29. The molecule has 0 aliphatic heterocycles. The first-order chi connectivity index (χ1) is 15.3. The highest BCUT2D eigenvalue weighted by Crippen LogP contribution is 2.33. The fourth-order valence-electron chi connectivity index (χ4n) is 3.75. The Morgan fingerprint density at radius 2 is 1.75 bits per heavy atom. The number of aryl methyl sites for hydroxylation is 1. The van der Waals surface area contributed by atoms with Gasteiger partial charge in [0, 0.05) is 37.4 Å². The van der Waals surface area contributed by atoms with Crippen LogP contribution >= 0.6 is 0 Å². The molecule has 0 aliphatic rings. The van der Waals surface area contributed by atoms with Gasteiger partial charge in [-0.05, 0) is 18.2 Å². The molecule has 10 heteroatoms. The topological polar surface area (TPSA) is 129 Å². The number of H-pyrrole nitrogens is 1. The van der Waals surface area contributed by atoms with Crippen LogP contribution in [0.1, 0.15) is 0 Å². The number of pyridine rings is 1. The molecule has 0 amide bonds. The van der Waals surface area contributed by atoms with Crippen molar-refractivity contribution in [2.45, 2.75) is 0 Å². The first-order valence-corrected chi connectivity index (χ1v) is 9.66. The summed E-state index contributed by atoms with van der Waals surface area (Å²) in [5.74, 6) is 0.456. The third-order valence-electron chi connectivity index (χ3n) is 5.40. The summed E-state index contributed by atoms with van der Waals surface area (Å²) >= 11 is 0. The number of nitrogens with zero attached hydrogens (tertiary/aromatic N) is 5. The van der Waals surface area contributed by atoms with Crippen molar-refractivity contribution in [2.24, 2.45) is 14.1 Å². The molecular formula is C22H16N6O4. The predicted octanol–water partition coefficient (Wildman–Crippen LogP) is 2.75. The molecule has 5 aromatic rings. The van der Waals surface area contributed by atoms with Gasteiger partial charge in [0.25, 0.3) is 11.2 Å². The highest BCUT2D eigenvalue weighted by Gasteiger charge is 2.20. The van der Waals surface area contributed by atoms with E-state index < -0.39 is 16.2 Å². The Balaban J connectivity index is 1.91. The number of rotatable bonds is 3. The molecule has 0 spiro atoms. The number of non-ortho nitro benzene ring substituents is 1. The lowest BCUT2D eigenvalue weighted by molar-refractivity contribution is -0.384. The van der Waals surface area contributed by atoms with Gasteiger partial charge in [-0.2, -0.15) is 0 Å². The summed E-state index contributed by atoms with van der Waals surface area (Å²) in [5.41, 5.74) is 1.91. The quantitative estimate of drug-likeness (QED) is 0.348. The van der Waals surface area contributed by atoms with Gasteiger partial charge in [-0.1, -0.05) is 24.3 Å². The lowest BCUT2D eigenvalue weighted by Crippen LogP contribution is -2.37. The van der Waals surface area contributed by atoms with Crippen LogP contribution in [0.4, 0.5) is 5.69 Å². The molecule has 0 radical (unpaired) electrons. The highest BCUT2D eigenvalue weighted by molar-refractivity contribution is 5.90. The van der Waals surface area contributed by atoms with Gasteiger partial charge in [0.1, 0.15) is 11.5 Å². The first-order valence-electron chi connectivity index (χ1n) is 9.66. The van der Waals surface area contributed by atoms with E-state index >= 15 is 0 Å². The smallest absolute Gasteiger partial charge is 0.332 e. The summed E-state index contributed by atoms with van der Waals surface area (Å²) in [6.07, 6.45) is 0. The van der Waals surface area contributed by atoms with Gasteiger partial charge in [-0.3, -0.25) is 24.0 Å². The van der Waals surface area contributed by atoms with E-state index in [1.54, 1.807) is 18.2 Å². The molecule has 158 valence electrons. The molecule has 0 saturated carbocycles. The minimum Gasteiger partial charge on any atom is -0.338 e. The van der Waals surface area contributed by atoms with Crippen LogP contribution in [0.2, 0.25) is 0 Å². The number of aromatic amines is 1.